The average molecular weight is 556 g/mol. The number of aliphatic hydroxyl groups is 1. The number of ether oxygens (including phenoxy) is 1. The van der Waals surface area contributed by atoms with Crippen LogP contribution in [-0.4, -0.2) is 59.8 Å². The predicted octanol–water partition coefficient (Wildman–Crippen LogP) is 4.83. The molecule has 10 heteroatoms. The number of nitrogens with zero attached hydrogens (tertiary/aromatic N) is 2. The second kappa shape index (κ2) is 11.5. The number of benzene rings is 3. The molecule has 40 heavy (non-hydrogen) atoms. The summed E-state index contributed by atoms with van der Waals surface area (Å²) < 4.78 is 65.0. The van der Waals surface area contributed by atoms with Gasteiger partial charge in [0.15, 0.2) is 0 Å². The van der Waals surface area contributed by atoms with E-state index in [-0.39, 0.29) is 16.7 Å². The first-order chi connectivity index (χ1) is 19.2. The first-order valence-corrected chi connectivity index (χ1v) is 13.1. The number of aryl methyl sites for hydroxylation is 1. The van der Waals surface area contributed by atoms with E-state index < -0.39 is 17.6 Å². The van der Waals surface area contributed by atoms with Crippen LogP contribution in [-0.2, 0) is 16.9 Å². The second-order valence-corrected chi connectivity index (χ2v) is 9.95. The maximum Gasteiger partial charge on any atom is 0.425 e. The molecule has 1 aliphatic heterocycles. The summed E-state index contributed by atoms with van der Waals surface area (Å²) in [5.41, 5.74) is -2.05. The molecule has 0 aliphatic carbocycles. The van der Waals surface area contributed by atoms with Crippen molar-refractivity contribution < 1.29 is 32.7 Å². The van der Waals surface area contributed by atoms with E-state index in [4.69, 9.17) is 10.1 Å². The highest BCUT2D eigenvalue weighted by Gasteiger charge is 2.57. The summed E-state index contributed by atoms with van der Waals surface area (Å²) in [7, 11) is 0. The fraction of sp³-hybridized carbons (Fsp3) is 0.300. The van der Waals surface area contributed by atoms with Crippen LogP contribution >= 0.6 is 0 Å². The highest BCUT2D eigenvalue weighted by Crippen LogP contribution is 2.47. The standard InChI is InChI=1S/C30H30F4N4O2/c31-23-7-9-24(10-8-23)36-27-11-6-22(18-21(27)19-35)29(39,30(32,33)34)26-20-38(28-5-2-1-4-25(26)28)13-3-12-37-14-16-40-17-15-37/h1-2,4-11,18-20,35-36,39H,3,12-17H2/p+1. The van der Waals surface area contributed by atoms with E-state index in [1.54, 1.807) is 34.1 Å². The van der Waals surface area contributed by atoms with Crippen LogP contribution in [0.15, 0.2) is 72.9 Å². The SMILES string of the molecule is N=Cc1cc(C(O)(c2cn(CCCN3CCOCC3)c3ccccc23)C(F)(F)F)ccc1[NH2+]c1ccc(F)cc1. The Balaban J connectivity index is 1.51. The molecule has 4 N–H and O–H groups in total. The molecular weight excluding hydrogens is 524 g/mol. The van der Waals surface area contributed by atoms with E-state index in [2.05, 4.69) is 4.90 Å². The Morgan fingerprint density at radius 2 is 1.70 bits per heavy atom. The molecule has 1 atom stereocenters. The molecule has 3 aromatic carbocycles. The number of nitrogens with two attached hydrogens (primary N) is 1. The van der Waals surface area contributed by atoms with Crippen molar-refractivity contribution in [3.63, 3.8) is 0 Å². The van der Waals surface area contributed by atoms with Gasteiger partial charge in [0.05, 0.1) is 18.8 Å². The zero-order chi connectivity index (χ0) is 28.3. The zero-order valence-electron chi connectivity index (χ0n) is 21.8. The summed E-state index contributed by atoms with van der Waals surface area (Å²) >= 11 is 0. The molecule has 5 rings (SSSR count). The van der Waals surface area contributed by atoms with Crippen molar-refractivity contribution in [2.24, 2.45) is 0 Å². The molecule has 0 amide bonds. The van der Waals surface area contributed by atoms with Crippen LogP contribution in [0, 0.1) is 11.2 Å². The van der Waals surface area contributed by atoms with Gasteiger partial charge in [-0.05, 0) is 42.3 Å². The first kappa shape index (κ1) is 28.0. The van der Waals surface area contributed by atoms with E-state index in [1.807, 2.05) is 0 Å². The number of rotatable bonds is 9. The summed E-state index contributed by atoms with van der Waals surface area (Å²) in [4.78, 5) is 2.27. The van der Waals surface area contributed by atoms with Crippen molar-refractivity contribution in [3.8, 4) is 0 Å². The Morgan fingerprint density at radius 1 is 0.975 bits per heavy atom. The normalized spacial score (nSPS) is 16.2. The van der Waals surface area contributed by atoms with Gasteiger partial charge in [0.2, 0.25) is 5.60 Å². The zero-order valence-corrected chi connectivity index (χ0v) is 21.8. The quantitative estimate of drug-likeness (QED) is 0.157. The van der Waals surface area contributed by atoms with Crippen molar-refractivity contribution in [2.45, 2.75) is 24.7 Å². The van der Waals surface area contributed by atoms with Gasteiger partial charge in [-0.1, -0.05) is 18.2 Å². The van der Waals surface area contributed by atoms with Gasteiger partial charge >= 0.3 is 6.18 Å². The largest absolute Gasteiger partial charge is 0.425 e. The van der Waals surface area contributed by atoms with Gasteiger partial charge in [-0.2, -0.15) is 13.2 Å². The third-order valence-corrected chi connectivity index (χ3v) is 7.42. The molecule has 0 radical (unpaired) electrons. The molecule has 1 saturated heterocycles. The van der Waals surface area contributed by atoms with Gasteiger partial charge in [0.1, 0.15) is 17.2 Å². The Bertz CT molecular complexity index is 1480. The van der Waals surface area contributed by atoms with E-state index in [9.17, 15) is 22.7 Å². The molecule has 1 aromatic heterocycles. The van der Waals surface area contributed by atoms with Crippen molar-refractivity contribution in [1.29, 1.82) is 5.41 Å². The van der Waals surface area contributed by atoms with Gasteiger partial charge < -0.3 is 19.8 Å². The third-order valence-electron chi connectivity index (χ3n) is 7.42. The molecule has 1 unspecified atom stereocenters. The van der Waals surface area contributed by atoms with Gasteiger partial charge in [0, 0.05) is 73.3 Å². The lowest BCUT2D eigenvalue weighted by Crippen LogP contribution is -2.71. The number of quaternary nitrogens is 1. The highest BCUT2D eigenvalue weighted by atomic mass is 19.4. The number of hydrogen-bond donors (Lipinski definition) is 3. The molecular formula is C30H31F4N4O2+. The van der Waals surface area contributed by atoms with Crippen molar-refractivity contribution in [3.05, 3.63) is 95.4 Å². The first-order valence-electron chi connectivity index (χ1n) is 13.1. The second-order valence-electron chi connectivity index (χ2n) is 9.95. The molecule has 1 fully saturated rings. The summed E-state index contributed by atoms with van der Waals surface area (Å²) in [5, 5.41) is 21.4. The smallest absolute Gasteiger partial charge is 0.379 e. The maximum absolute atomic E-state index is 14.9. The lowest BCUT2D eigenvalue weighted by atomic mass is 9.84. The summed E-state index contributed by atoms with van der Waals surface area (Å²) in [6.45, 7) is 4.29. The summed E-state index contributed by atoms with van der Waals surface area (Å²) in [6, 6.07) is 16.3. The molecule has 0 spiro atoms. The van der Waals surface area contributed by atoms with Gasteiger partial charge in [0.25, 0.3) is 0 Å². The van der Waals surface area contributed by atoms with Crippen LogP contribution in [0.2, 0.25) is 0 Å². The number of nitrogens with one attached hydrogen (secondary N) is 1. The Hall–Kier alpha value is -3.57. The van der Waals surface area contributed by atoms with Crippen LogP contribution in [0.3, 0.4) is 0 Å². The Morgan fingerprint density at radius 3 is 2.40 bits per heavy atom. The number of aromatic nitrogens is 1. The van der Waals surface area contributed by atoms with E-state index in [0.717, 1.165) is 32.3 Å². The number of fused-ring (bicyclic) bond motifs is 1. The fourth-order valence-electron chi connectivity index (χ4n) is 5.28. The van der Waals surface area contributed by atoms with Crippen LogP contribution in [0.25, 0.3) is 10.9 Å². The van der Waals surface area contributed by atoms with E-state index >= 15 is 0 Å². The maximum atomic E-state index is 14.9. The van der Waals surface area contributed by atoms with Crippen molar-refractivity contribution >= 4 is 28.5 Å². The molecule has 4 aromatic rings. The topological polar surface area (TPSA) is 78.1 Å². The van der Waals surface area contributed by atoms with E-state index in [0.29, 0.717) is 42.0 Å². The summed E-state index contributed by atoms with van der Waals surface area (Å²) in [6.07, 6.45) is -1.96. The van der Waals surface area contributed by atoms with Crippen LogP contribution in [0.5, 0.6) is 0 Å². The molecule has 210 valence electrons. The monoisotopic (exact) mass is 555 g/mol. The lowest BCUT2D eigenvalue weighted by Gasteiger charge is -2.31. The minimum Gasteiger partial charge on any atom is -0.379 e. The molecule has 0 bridgehead atoms. The van der Waals surface area contributed by atoms with Crippen LogP contribution in [0.4, 0.5) is 28.9 Å². The number of morpholine rings is 1. The van der Waals surface area contributed by atoms with Gasteiger partial charge in [-0.15, -0.1) is 0 Å². The predicted molar refractivity (Wildman–Crippen MR) is 145 cm³/mol. The number of alkyl halides is 3. The minimum absolute atomic E-state index is 0.193. The minimum atomic E-state index is -5.04. The Kier molecular flexibility index (Phi) is 8.04. The Labute approximate surface area is 229 Å². The van der Waals surface area contributed by atoms with Gasteiger partial charge in [-0.3, -0.25) is 10.2 Å². The highest BCUT2D eigenvalue weighted by molar-refractivity contribution is 5.87. The summed E-state index contributed by atoms with van der Waals surface area (Å²) in [5.74, 6) is -0.407. The van der Waals surface area contributed by atoms with Crippen LogP contribution in [0.1, 0.15) is 23.1 Å². The van der Waals surface area contributed by atoms with Crippen LogP contribution < -0.4 is 5.32 Å². The molecule has 6 nitrogen and oxygen atoms in total. The number of hydrogen-bond acceptors (Lipinski definition) is 4. The number of halogens is 4. The molecule has 0 saturated carbocycles. The molecule has 1 aliphatic rings. The fourth-order valence-corrected chi connectivity index (χ4v) is 5.28. The van der Waals surface area contributed by atoms with Gasteiger partial charge in [-0.25, -0.2) is 4.39 Å². The number of para-hydroxylation sites is 1. The third kappa shape index (κ3) is 5.53. The van der Waals surface area contributed by atoms with Crippen molar-refractivity contribution in [1.82, 2.24) is 9.47 Å². The average Bonchev–Trinajstić information content (AvgIpc) is 3.33. The van der Waals surface area contributed by atoms with E-state index in [1.165, 1.54) is 48.7 Å². The lowest BCUT2D eigenvalue weighted by molar-refractivity contribution is -0.478. The van der Waals surface area contributed by atoms with Crippen molar-refractivity contribution in [2.75, 3.05) is 32.8 Å². The molecule has 2 heterocycles.